The Morgan fingerprint density at radius 3 is 2.64 bits per heavy atom. The van der Waals surface area contributed by atoms with Crippen LogP contribution in [0.1, 0.15) is 4.88 Å². The van der Waals surface area contributed by atoms with Gasteiger partial charge in [0.05, 0.1) is 0 Å². The molecule has 2 rings (SSSR count). The predicted octanol–water partition coefficient (Wildman–Crippen LogP) is 1.80. The summed E-state index contributed by atoms with van der Waals surface area (Å²) in [5.41, 5.74) is 5.57. The third kappa shape index (κ3) is 2.56. The molecule has 0 unspecified atom stereocenters. The Balaban J connectivity index is 2.04. The van der Waals surface area contributed by atoms with Gasteiger partial charge in [0, 0.05) is 42.2 Å². The van der Waals surface area contributed by atoms with E-state index in [9.17, 15) is 0 Å². The molecule has 1 aliphatic heterocycles. The summed E-state index contributed by atoms with van der Waals surface area (Å²) in [6, 6.07) is 0. The third-order valence-corrected chi connectivity index (χ3v) is 5.43. The van der Waals surface area contributed by atoms with Crippen LogP contribution in [0.25, 0.3) is 0 Å². The molecule has 14 heavy (non-hydrogen) atoms. The molecule has 1 saturated heterocycles. The molecule has 1 aliphatic rings. The van der Waals surface area contributed by atoms with Gasteiger partial charge in [-0.15, -0.1) is 11.3 Å². The van der Waals surface area contributed by atoms with Gasteiger partial charge in [-0.1, -0.05) is 21.6 Å². The molecule has 1 fully saturated rings. The minimum Gasteiger partial charge on any atom is -0.346 e. The van der Waals surface area contributed by atoms with Crippen LogP contribution in [0.2, 0.25) is 0 Å². The fourth-order valence-corrected chi connectivity index (χ4v) is 4.07. The molecule has 3 nitrogen and oxygen atoms in total. The average molecular weight is 247 g/mol. The number of nitrogens with two attached hydrogens (primary N) is 1. The zero-order valence-corrected chi connectivity index (χ0v) is 10.3. The van der Waals surface area contributed by atoms with E-state index < -0.39 is 0 Å². The second-order valence-corrected chi connectivity index (χ2v) is 6.74. The lowest BCUT2D eigenvalue weighted by Gasteiger charge is -2.17. The molecule has 1 aromatic rings. The quantitative estimate of drug-likeness (QED) is 0.807. The first kappa shape index (κ1) is 10.6. The zero-order valence-electron chi connectivity index (χ0n) is 7.81. The summed E-state index contributed by atoms with van der Waals surface area (Å²) in [7, 11) is 3.91. The van der Waals surface area contributed by atoms with E-state index in [1.165, 1.54) is 16.4 Å². The molecule has 1 aromatic heterocycles. The van der Waals surface area contributed by atoms with Gasteiger partial charge >= 0.3 is 0 Å². The average Bonchev–Trinajstić information content (AvgIpc) is 2.53. The van der Waals surface area contributed by atoms with E-state index in [2.05, 4.69) is 9.88 Å². The number of thiazole rings is 1. The van der Waals surface area contributed by atoms with Crippen molar-refractivity contribution >= 4 is 38.1 Å². The van der Waals surface area contributed by atoms with Crippen molar-refractivity contribution in [1.29, 1.82) is 0 Å². The molecule has 0 radical (unpaired) electrons. The van der Waals surface area contributed by atoms with Crippen LogP contribution in [0.15, 0.2) is 6.20 Å². The Morgan fingerprint density at radius 1 is 1.36 bits per heavy atom. The monoisotopic (exact) mass is 247 g/mol. The molecule has 0 saturated carbocycles. The minimum atomic E-state index is 0.606. The first-order valence-electron chi connectivity index (χ1n) is 4.54. The van der Waals surface area contributed by atoms with Crippen molar-refractivity contribution in [2.24, 2.45) is 5.73 Å². The van der Waals surface area contributed by atoms with Crippen LogP contribution in [0.4, 0.5) is 5.13 Å². The van der Waals surface area contributed by atoms with Gasteiger partial charge in [-0.25, -0.2) is 4.98 Å². The fraction of sp³-hybridized carbons (Fsp3) is 0.625. The molecule has 0 bridgehead atoms. The van der Waals surface area contributed by atoms with E-state index in [1.807, 2.05) is 27.8 Å². The Labute approximate surface area is 95.9 Å². The van der Waals surface area contributed by atoms with Gasteiger partial charge in [0.1, 0.15) is 0 Å². The standard InChI is InChI=1S/C8H13N3S3/c9-5-7-6-10-8(14-7)11-1-3-12-13-4-2-11/h6H,1-5,9H2. The molecule has 2 N–H and O–H groups in total. The highest BCUT2D eigenvalue weighted by atomic mass is 33.1. The van der Waals surface area contributed by atoms with Gasteiger partial charge in [0.2, 0.25) is 0 Å². The number of nitrogens with zero attached hydrogens (tertiary/aromatic N) is 2. The van der Waals surface area contributed by atoms with Gasteiger partial charge in [-0.05, 0) is 0 Å². The van der Waals surface area contributed by atoms with Crippen molar-refractivity contribution in [3.05, 3.63) is 11.1 Å². The lowest BCUT2D eigenvalue weighted by Crippen LogP contribution is -2.26. The topological polar surface area (TPSA) is 42.1 Å². The summed E-state index contributed by atoms with van der Waals surface area (Å²) in [6.07, 6.45) is 1.89. The largest absolute Gasteiger partial charge is 0.346 e. The first-order valence-corrected chi connectivity index (χ1v) is 7.85. The van der Waals surface area contributed by atoms with Crippen molar-refractivity contribution in [1.82, 2.24) is 4.98 Å². The summed E-state index contributed by atoms with van der Waals surface area (Å²) < 4.78 is 0. The van der Waals surface area contributed by atoms with Crippen molar-refractivity contribution < 1.29 is 0 Å². The van der Waals surface area contributed by atoms with E-state index in [-0.39, 0.29) is 0 Å². The Bertz CT molecular complexity index is 281. The van der Waals surface area contributed by atoms with Crippen LogP contribution in [0.5, 0.6) is 0 Å². The highest BCUT2D eigenvalue weighted by Crippen LogP contribution is 2.28. The molecular weight excluding hydrogens is 234 g/mol. The highest BCUT2D eigenvalue weighted by Gasteiger charge is 2.13. The van der Waals surface area contributed by atoms with E-state index in [0.29, 0.717) is 6.54 Å². The smallest absolute Gasteiger partial charge is 0.185 e. The van der Waals surface area contributed by atoms with Gasteiger partial charge in [0.15, 0.2) is 5.13 Å². The SMILES string of the molecule is NCc1cnc(N2CCSSCC2)s1. The summed E-state index contributed by atoms with van der Waals surface area (Å²) in [6.45, 7) is 2.82. The Morgan fingerprint density at radius 2 is 2.07 bits per heavy atom. The number of hydrogen-bond donors (Lipinski definition) is 1. The second kappa shape index (κ2) is 5.25. The van der Waals surface area contributed by atoms with Crippen molar-refractivity contribution in [3.63, 3.8) is 0 Å². The van der Waals surface area contributed by atoms with Crippen molar-refractivity contribution in [2.75, 3.05) is 29.5 Å². The van der Waals surface area contributed by atoms with E-state index >= 15 is 0 Å². The maximum absolute atomic E-state index is 5.57. The van der Waals surface area contributed by atoms with E-state index in [1.54, 1.807) is 11.3 Å². The number of aromatic nitrogens is 1. The molecule has 0 amide bonds. The fourth-order valence-electron chi connectivity index (χ4n) is 1.25. The zero-order chi connectivity index (χ0) is 9.80. The van der Waals surface area contributed by atoms with E-state index in [0.717, 1.165) is 18.2 Å². The van der Waals surface area contributed by atoms with Gasteiger partial charge < -0.3 is 10.6 Å². The maximum atomic E-state index is 5.57. The summed E-state index contributed by atoms with van der Waals surface area (Å²) >= 11 is 1.72. The van der Waals surface area contributed by atoms with Crippen LogP contribution >= 0.6 is 32.9 Å². The lowest BCUT2D eigenvalue weighted by atomic mass is 10.5. The molecule has 78 valence electrons. The normalized spacial score (nSPS) is 18.2. The summed E-state index contributed by atoms with van der Waals surface area (Å²) in [5.74, 6) is 2.37. The highest BCUT2D eigenvalue weighted by molar-refractivity contribution is 8.76. The Hall–Kier alpha value is 0.0900. The number of hydrogen-bond acceptors (Lipinski definition) is 6. The summed E-state index contributed by atoms with van der Waals surface area (Å²) in [4.78, 5) is 7.93. The number of anilines is 1. The van der Waals surface area contributed by atoms with Crippen molar-refractivity contribution in [2.45, 2.75) is 6.54 Å². The molecule has 0 spiro atoms. The lowest BCUT2D eigenvalue weighted by molar-refractivity contribution is 0.877. The molecule has 0 atom stereocenters. The van der Waals surface area contributed by atoms with Crippen LogP contribution < -0.4 is 10.6 Å². The van der Waals surface area contributed by atoms with Crippen LogP contribution in [0.3, 0.4) is 0 Å². The third-order valence-electron chi connectivity index (χ3n) is 1.99. The number of rotatable bonds is 2. The second-order valence-electron chi connectivity index (χ2n) is 2.94. The van der Waals surface area contributed by atoms with Crippen LogP contribution in [-0.2, 0) is 6.54 Å². The van der Waals surface area contributed by atoms with Crippen LogP contribution in [-0.4, -0.2) is 29.6 Å². The Kier molecular flexibility index (Phi) is 3.98. The molecule has 2 heterocycles. The molecule has 6 heteroatoms. The van der Waals surface area contributed by atoms with Gasteiger partial charge in [-0.2, -0.15) is 0 Å². The minimum absolute atomic E-state index is 0.606. The van der Waals surface area contributed by atoms with Crippen LogP contribution in [0, 0.1) is 0 Å². The molecule has 0 aliphatic carbocycles. The van der Waals surface area contributed by atoms with Gasteiger partial charge in [0.25, 0.3) is 0 Å². The molecule has 0 aromatic carbocycles. The predicted molar refractivity (Wildman–Crippen MR) is 67.1 cm³/mol. The first-order chi connectivity index (χ1) is 6.90. The van der Waals surface area contributed by atoms with Crippen molar-refractivity contribution in [3.8, 4) is 0 Å². The maximum Gasteiger partial charge on any atom is 0.185 e. The van der Waals surface area contributed by atoms with E-state index in [4.69, 9.17) is 5.73 Å². The van der Waals surface area contributed by atoms with Gasteiger partial charge in [-0.3, -0.25) is 0 Å². The summed E-state index contributed by atoms with van der Waals surface area (Å²) in [5, 5.41) is 1.13. The molecular formula is C8H13N3S3.